The minimum atomic E-state index is -4.60. The van der Waals surface area contributed by atoms with Crippen LogP contribution in [-0.2, 0) is 38.7 Å². The molecule has 13 heteroatoms. The molecule has 1 rings (SSSR count). The van der Waals surface area contributed by atoms with E-state index in [1.807, 2.05) is 0 Å². The van der Waals surface area contributed by atoms with Gasteiger partial charge in [-0.25, -0.2) is 0 Å². The number of unbranched alkanes of at least 4 members (excludes halogenated alkanes) is 23. The van der Waals surface area contributed by atoms with E-state index < -0.39 is 71.2 Å². The van der Waals surface area contributed by atoms with Crippen molar-refractivity contribution in [3.8, 4) is 0 Å². The first-order valence-electron chi connectivity index (χ1n) is 22.2. The Labute approximate surface area is 339 Å². The number of aliphatic hydroxyl groups excluding tert-OH is 3. The molecule has 0 aromatic heterocycles. The van der Waals surface area contributed by atoms with E-state index in [1.165, 1.54) is 103 Å². The third kappa shape index (κ3) is 28.7. The van der Waals surface area contributed by atoms with Gasteiger partial charge in [-0.1, -0.05) is 154 Å². The molecular weight excluding hydrogens is 741 g/mol. The molecule has 330 valence electrons. The second kappa shape index (κ2) is 34.3. The lowest BCUT2D eigenvalue weighted by molar-refractivity contribution is -0.297. The molecule has 0 aromatic rings. The van der Waals surface area contributed by atoms with Gasteiger partial charge in [0.05, 0.1) is 6.61 Å². The maximum absolute atomic E-state index is 12.8. The van der Waals surface area contributed by atoms with Gasteiger partial charge in [0, 0.05) is 12.8 Å². The van der Waals surface area contributed by atoms with E-state index in [1.54, 1.807) is 0 Å². The van der Waals surface area contributed by atoms with Gasteiger partial charge in [0.25, 0.3) is 10.1 Å². The number of carbonyl (C=O) groups excluding carboxylic acids is 2. The van der Waals surface area contributed by atoms with Gasteiger partial charge in [-0.3, -0.25) is 14.1 Å². The van der Waals surface area contributed by atoms with Gasteiger partial charge in [-0.15, -0.1) is 0 Å². The Balaban J connectivity index is 2.44. The van der Waals surface area contributed by atoms with Crippen molar-refractivity contribution in [2.45, 2.75) is 230 Å². The fourth-order valence-electron chi connectivity index (χ4n) is 6.85. The molecule has 0 amide bonds. The van der Waals surface area contributed by atoms with E-state index in [0.29, 0.717) is 12.8 Å². The molecule has 6 atom stereocenters. The lowest BCUT2D eigenvalue weighted by Crippen LogP contribution is -2.60. The minimum absolute atomic E-state index is 0.163. The smallest absolute Gasteiger partial charge is 0.306 e. The first-order chi connectivity index (χ1) is 27.0. The van der Waals surface area contributed by atoms with Gasteiger partial charge in [0.2, 0.25) is 0 Å². The highest BCUT2D eigenvalue weighted by Crippen LogP contribution is 2.24. The van der Waals surface area contributed by atoms with Crippen LogP contribution in [0, 0.1) is 0 Å². The molecule has 0 aliphatic carbocycles. The van der Waals surface area contributed by atoms with Crippen LogP contribution in [0.3, 0.4) is 0 Å². The molecule has 1 heterocycles. The van der Waals surface area contributed by atoms with Crippen molar-refractivity contribution in [1.82, 2.24) is 0 Å². The molecule has 4 N–H and O–H groups in total. The molecule has 0 spiro atoms. The summed E-state index contributed by atoms with van der Waals surface area (Å²) in [4.78, 5) is 25.3. The van der Waals surface area contributed by atoms with E-state index in [2.05, 4.69) is 26.0 Å². The zero-order chi connectivity index (χ0) is 41.3. The Kier molecular flexibility index (Phi) is 32.1. The van der Waals surface area contributed by atoms with Crippen LogP contribution in [0.1, 0.15) is 194 Å². The number of aliphatic hydroxyl groups is 3. The van der Waals surface area contributed by atoms with Crippen LogP contribution >= 0.6 is 0 Å². The number of esters is 2. The Morgan fingerprint density at radius 2 is 1.02 bits per heavy atom. The number of ether oxygens (including phenoxy) is 4. The van der Waals surface area contributed by atoms with Crippen LogP contribution < -0.4 is 0 Å². The summed E-state index contributed by atoms with van der Waals surface area (Å²) in [5.41, 5.74) is 0. The Morgan fingerprint density at radius 1 is 0.589 bits per heavy atom. The summed E-state index contributed by atoms with van der Waals surface area (Å²) >= 11 is 0. The highest BCUT2D eigenvalue weighted by atomic mass is 32.2. The topological polar surface area (TPSA) is 186 Å². The van der Waals surface area contributed by atoms with Gasteiger partial charge in [0.1, 0.15) is 36.8 Å². The summed E-state index contributed by atoms with van der Waals surface area (Å²) in [6.45, 7) is 3.74. The van der Waals surface area contributed by atoms with E-state index >= 15 is 0 Å². The quantitative estimate of drug-likeness (QED) is 0.0203. The maximum atomic E-state index is 12.8. The number of hydrogen-bond acceptors (Lipinski definition) is 11. The normalized spacial score (nSPS) is 20.7. The SMILES string of the molecule is CCCCCCCC/C=C\CCCCCCCCCC(=O)OC(COC(=O)CCCCCCCCCCCCC)COC1OC(CS(=O)(=O)O)C(O)C(O)C1O. The molecule has 12 nitrogen and oxygen atoms in total. The highest BCUT2D eigenvalue weighted by molar-refractivity contribution is 7.85. The minimum Gasteiger partial charge on any atom is -0.462 e. The van der Waals surface area contributed by atoms with Gasteiger partial charge in [0.15, 0.2) is 12.4 Å². The van der Waals surface area contributed by atoms with Crippen molar-refractivity contribution >= 4 is 22.1 Å². The molecular formula is C43H80O12S. The van der Waals surface area contributed by atoms with Crippen LogP contribution in [0.15, 0.2) is 12.2 Å². The number of rotatable bonds is 37. The van der Waals surface area contributed by atoms with Crippen molar-refractivity contribution in [3.05, 3.63) is 12.2 Å². The maximum Gasteiger partial charge on any atom is 0.306 e. The second-order valence-corrected chi connectivity index (χ2v) is 17.2. The molecule has 56 heavy (non-hydrogen) atoms. The van der Waals surface area contributed by atoms with E-state index in [0.717, 1.165) is 51.4 Å². The summed E-state index contributed by atoms with van der Waals surface area (Å²) in [5, 5.41) is 30.8. The molecule has 6 unspecified atom stereocenters. The van der Waals surface area contributed by atoms with Crippen LogP contribution in [0.25, 0.3) is 0 Å². The molecule has 1 saturated heterocycles. The zero-order valence-electron chi connectivity index (χ0n) is 35.0. The molecule has 0 aromatic carbocycles. The van der Waals surface area contributed by atoms with Crippen LogP contribution in [0.5, 0.6) is 0 Å². The molecule has 1 aliphatic heterocycles. The third-order valence-electron chi connectivity index (χ3n) is 10.3. The molecule has 0 saturated carbocycles. The van der Waals surface area contributed by atoms with Gasteiger partial charge in [-0.2, -0.15) is 8.42 Å². The third-order valence-corrected chi connectivity index (χ3v) is 11.1. The highest BCUT2D eigenvalue weighted by Gasteiger charge is 2.46. The summed E-state index contributed by atoms with van der Waals surface area (Å²) in [5.74, 6) is -1.98. The largest absolute Gasteiger partial charge is 0.462 e. The lowest BCUT2D eigenvalue weighted by Gasteiger charge is -2.40. The van der Waals surface area contributed by atoms with Crippen molar-refractivity contribution in [3.63, 3.8) is 0 Å². The second-order valence-electron chi connectivity index (χ2n) is 15.7. The number of allylic oxidation sites excluding steroid dienone is 2. The lowest BCUT2D eigenvalue weighted by atomic mass is 10.00. The van der Waals surface area contributed by atoms with Gasteiger partial charge in [-0.05, 0) is 38.5 Å². The molecule has 1 fully saturated rings. The summed E-state index contributed by atoms with van der Waals surface area (Å²) in [7, 11) is -4.60. The Hall–Kier alpha value is -1.61. The van der Waals surface area contributed by atoms with Gasteiger partial charge < -0.3 is 34.3 Å². The van der Waals surface area contributed by atoms with Crippen molar-refractivity contribution in [2.24, 2.45) is 0 Å². The Morgan fingerprint density at radius 3 is 1.48 bits per heavy atom. The van der Waals surface area contributed by atoms with Gasteiger partial charge >= 0.3 is 11.9 Å². The van der Waals surface area contributed by atoms with Crippen molar-refractivity contribution in [1.29, 1.82) is 0 Å². The molecule has 1 aliphatic rings. The van der Waals surface area contributed by atoms with Crippen LogP contribution in [0.4, 0.5) is 0 Å². The monoisotopic (exact) mass is 821 g/mol. The fourth-order valence-corrected chi connectivity index (χ4v) is 7.54. The van der Waals surface area contributed by atoms with Crippen LogP contribution in [0.2, 0.25) is 0 Å². The van der Waals surface area contributed by atoms with E-state index in [9.17, 15) is 37.9 Å². The predicted octanol–water partition coefficient (Wildman–Crippen LogP) is 8.67. The van der Waals surface area contributed by atoms with E-state index in [4.69, 9.17) is 18.9 Å². The number of carbonyl (C=O) groups is 2. The summed E-state index contributed by atoms with van der Waals surface area (Å²) < 4.78 is 54.0. The van der Waals surface area contributed by atoms with Crippen molar-refractivity contribution in [2.75, 3.05) is 19.0 Å². The van der Waals surface area contributed by atoms with Crippen molar-refractivity contribution < 1.29 is 56.8 Å². The zero-order valence-corrected chi connectivity index (χ0v) is 35.8. The molecule has 0 radical (unpaired) electrons. The number of hydrogen-bond donors (Lipinski definition) is 4. The first-order valence-corrected chi connectivity index (χ1v) is 23.9. The first kappa shape index (κ1) is 52.4. The Bertz CT molecular complexity index is 1100. The average molecular weight is 821 g/mol. The van der Waals surface area contributed by atoms with E-state index in [-0.39, 0.29) is 19.4 Å². The summed E-state index contributed by atoms with van der Waals surface area (Å²) in [6, 6.07) is 0. The predicted molar refractivity (Wildman–Crippen MR) is 220 cm³/mol. The fraction of sp³-hybridized carbons (Fsp3) is 0.907. The standard InChI is InChI=1S/C43H80O12S/c1-3-5-7-9-11-13-15-16-17-18-19-20-22-24-26-28-30-32-39(45)54-36(33-52-38(44)31-29-27-25-23-21-14-12-10-8-6-4-2)34-53-43-42(48)41(47)40(46)37(55-43)35-56(49,50)51/h16-17,36-37,40-43,46-48H,3-15,18-35H2,1-2H3,(H,49,50,51)/b17-16-. The average Bonchev–Trinajstić information content (AvgIpc) is 3.16. The summed E-state index contributed by atoms with van der Waals surface area (Å²) in [6.07, 6.45) is 25.4. The van der Waals surface area contributed by atoms with Crippen LogP contribution in [-0.4, -0.2) is 96.0 Å². The molecule has 0 bridgehead atoms.